The molecule has 156 valence electrons. The number of amides is 1. The first-order chi connectivity index (χ1) is 13.7. The van der Waals surface area contributed by atoms with Crippen LogP contribution < -0.4 is 5.32 Å². The molecular weight excluding hydrogens is 420 g/mol. The number of nitrogens with one attached hydrogen (secondary N) is 1. The number of carbonyl (C=O) groups is 1. The molecule has 10 heteroatoms. The minimum Gasteiger partial charge on any atom is -0.297 e. The maximum absolute atomic E-state index is 13.6. The fraction of sp³-hybridized carbons (Fsp3) is 0.421. The number of rotatable bonds is 6. The van der Waals surface area contributed by atoms with E-state index in [1.54, 1.807) is 6.08 Å². The Morgan fingerprint density at radius 1 is 1.24 bits per heavy atom. The van der Waals surface area contributed by atoms with Crippen molar-refractivity contribution in [3.8, 4) is 0 Å². The van der Waals surface area contributed by atoms with E-state index in [2.05, 4.69) is 14.7 Å². The highest BCUT2D eigenvalue weighted by atomic mass is 32.2. The molecule has 0 saturated heterocycles. The molecule has 0 spiro atoms. The van der Waals surface area contributed by atoms with Crippen molar-refractivity contribution in [3.05, 3.63) is 41.7 Å². The molecule has 0 radical (unpaired) electrons. The van der Waals surface area contributed by atoms with Gasteiger partial charge in [-0.25, -0.2) is 22.2 Å². The Hall–Kier alpha value is -2.20. The highest BCUT2D eigenvalue weighted by molar-refractivity contribution is 7.90. The molecule has 1 aromatic carbocycles. The third-order valence-electron chi connectivity index (χ3n) is 4.69. The number of hydrogen-bond acceptors (Lipinski definition) is 6. The van der Waals surface area contributed by atoms with Crippen LogP contribution in [0.15, 0.2) is 35.2 Å². The lowest BCUT2D eigenvalue weighted by Gasteiger charge is -2.11. The van der Waals surface area contributed by atoms with Gasteiger partial charge in [0.2, 0.25) is 5.13 Å². The number of hydrogen-bond donors (Lipinski definition) is 1. The second kappa shape index (κ2) is 8.66. The van der Waals surface area contributed by atoms with E-state index in [0.29, 0.717) is 22.9 Å². The highest BCUT2D eigenvalue weighted by Gasteiger charge is 2.34. The van der Waals surface area contributed by atoms with E-state index < -0.39 is 34.0 Å². The highest BCUT2D eigenvalue weighted by Crippen LogP contribution is 2.34. The first kappa shape index (κ1) is 21.5. The van der Waals surface area contributed by atoms with Gasteiger partial charge in [0.15, 0.2) is 9.84 Å². The first-order valence-corrected chi connectivity index (χ1v) is 11.8. The van der Waals surface area contributed by atoms with E-state index in [1.165, 1.54) is 24.3 Å². The van der Waals surface area contributed by atoms with Crippen molar-refractivity contribution in [2.24, 2.45) is 5.92 Å². The molecule has 29 heavy (non-hydrogen) atoms. The quantitative estimate of drug-likeness (QED) is 0.692. The van der Waals surface area contributed by atoms with Gasteiger partial charge in [-0.15, -0.1) is 0 Å². The molecule has 1 aliphatic carbocycles. The average Bonchev–Trinajstić information content (AvgIpc) is 3.25. The predicted octanol–water partition coefficient (Wildman–Crippen LogP) is 3.61. The molecule has 0 unspecified atom stereocenters. The van der Waals surface area contributed by atoms with Gasteiger partial charge in [-0.3, -0.25) is 10.1 Å². The van der Waals surface area contributed by atoms with Crippen molar-refractivity contribution in [2.75, 3.05) is 11.6 Å². The molecule has 2 aromatic rings. The molecule has 1 saturated carbocycles. The van der Waals surface area contributed by atoms with Gasteiger partial charge in [-0.1, -0.05) is 25.1 Å². The summed E-state index contributed by atoms with van der Waals surface area (Å²) in [5.74, 6) is -0.325. The molecule has 1 N–H and O–H groups in total. The second-order valence-corrected chi connectivity index (χ2v) is 9.73. The minimum atomic E-state index is -3.39. The molecule has 1 aromatic heterocycles. The van der Waals surface area contributed by atoms with Crippen molar-refractivity contribution < 1.29 is 22.0 Å². The number of alkyl halides is 2. The van der Waals surface area contributed by atoms with Crippen LogP contribution in [0.1, 0.15) is 31.2 Å². The molecule has 1 heterocycles. The van der Waals surface area contributed by atoms with Gasteiger partial charge in [0, 0.05) is 29.8 Å². The largest absolute Gasteiger partial charge is 0.297 e. The summed E-state index contributed by atoms with van der Waals surface area (Å²) < 4.78 is 54.7. The Labute approximate surface area is 172 Å². The summed E-state index contributed by atoms with van der Waals surface area (Å²) in [5.41, 5.74) is 0.664. The smallest absolute Gasteiger partial charge is 0.257 e. The fourth-order valence-corrected chi connectivity index (χ4v) is 4.42. The van der Waals surface area contributed by atoms with Gasteiger partial charge >= 0.3 is 0 Å². The first-order valence-electron chi connectivity index (χ1n) is 9.11. The Morgan fingerprint density at radius 3 is 2.38 bits per heavy atom. The van der Waals surface area contributed by atoms with Crippen molar-refractivity contribution in [3.63, 3.8) is 0 Å². The zero-order chi connectivity index (χ0) is 21.2. The second-order valence-electron chi connectivity index (χ2n) is 6.96. The van der Waals surface area contributed by atoms with Gasteiger partial charge in [0.25, 0.3) is 5.91 Å². The van der Waals surface area contributed by atoms with Gasteiger partial charge in [0.1, 0.15) is 18.2 Å². The molecule has 6 nitrogen and oxygen atoms in total. The van der Waals surface area contributed by atoms with E-state index in [4.69, 9.17) is 0 Å². The third kappa shape index (κ3) is 5.24. The topological polar surface area (TPSA) is 89.0 Å². The third-order valence-corrected chi connectivity index (χ3v) is 6.49. The molecule has 1 fully saturated rings. The summed E-state index contributed by atoms with van der Waals surface area (Å²) in [6.45, 7) is 1.89. The van der Waals surface area contributed by atoms with Crippen LogP contribution in [0.2, 0.25) is 0 Å². The molecular formula is C19H21F2N3O3S2. The monoisotopic (exact) mass is 441 g/mol. The summed E-state index contributed by atoms with van der Waals surface area (Å²) in [6, 6.07) is 5.81. The number of anilines is 1. The lowest BCUT2D eigenvalue weighted by molar-refractivity contribution is -0.111. The number of allylic oxidation sites excluding steroid dienone is 1. The minimum absolute atomic E-state index is 0.00183. The lowest BCUT2D eigenvalue weighted by Crippen LogP contribution is -2.15. The number of sulfone groups is 1. The Kier molecular flexibility index (Phi) is 6.42. The van der Waals surface area contributed by atoms with Crippen molar-refractivity contribution in [2.45, 2.75) is 43.4 Å². The van der Waals surface area contributed by atoms with E-state index in [9.17, 15) is 22.0 Å². The van der Waals surface area contributed by atoms with Gasteiger partial charge in [0.05, 0.1) is 4.90 Å². The summed E-state index contributed by atoms with van der Waals surface area (Å²) >= 11 is 1.04. The average molecular weight is 442 g/mol. The van der Waals surface area contributed by atoms with Crippen molar-refractivity contribution in [1.82, 2.24) is 9.36 Å². The number of aryl methyl sites for hydroxylation is 1. The number of nitrogens with zero attached hydrogens (tertiary/aromatic N) is 2. The number of benzene rings is 1. The number of carbonyl (C=O) groups excluding carboxylic acids is 1. The molecule has 1 amide bonds. The van der Waals surface area contributed by atoms with Crippen LogP contribution in [0.25, 0.3) is 5.57 Å². The normalized spacial score (nSPS) is 22.6. The maximum atomic E-state index is 13.6. The number of aromatic nitrogens is 2. The standard InChI is InChI=1S/C19H21F2N3O3S2/c1-3-17-22-19(28-24-17)23-18(25)14(8-11-9-15(20)16(21)10-11)12-4-6-13(7-5-12)29(2,26)27/h4-8,11,15-16H,3,9-10H2,1-2H3,(H,22,23,24,25)/b14-8+/t11-,15+,16-. The summed E-state index contributed by atoms with van der Waals surface area (Å²) in [4.78, 5) is 17.2. The van der Waals surface area contributed by atoms with Crippen LogP contribution >= 0.6 is 11.5 Å². The van der Waals surface area contributed by atoms with E-state index in [1.807, 2.05) is 6.92 Å². The Balaban J connectivity index is 1.91. The molecule has 0 bridgehead atoms. The zero-order valence-electron chi connectivity index (χ0n) is 15.9. The van der Waals surface area contributed by atoms with Gasteiger partial charge in [-0.05, 0) is 36.5 Å². The maximum Gasteiger partial charge on any atom is 0.257 e. The van der Waals surface area contributed by atoms with Crippen LogP contribution in [0, 0.1) is 5.92 Å². The number of halogens is 2. The molecule has 3 rings (SSSR count). The SMILES string of the molecule is CCc1nsc(NC(=O)/C(=C/[C@H]2C[C@@H](F)[C@@H](F)C2)c2ccc(S(C)(=O)=O)cc2)n1. The summed E-state index contributed by atoms with van der Waals surface area (Å²) in [5, 5.41) is 2.99. The zero-order valence-corrected chi connectivity index (χ0v) is 17.6. The van der Waals surface area contributed by atoms with E-state index in [0.717, 1.165) is 17.8 Å². The van der Waals surface area contributed by atoms with Crippen LogP contribution in [0.3, 0.4) is 0 Å². The summed E-state index contributed by atoms with van der Waals surface area (Å²) in [7, 11) is -3.39. The molecule has 3 atom stereocenters. The summed E-state index contributed by atoms with van der Waals surface area (Å²) in [6.07, 6.45) is 0.162. The van der Waals surface area contributed by atoms with E-state index >= 15 is 0 Å². The Bertz CT molecular complexity index is 1010. The van der Waals surface area contributed by atoms with Crippen LogP contribution in [0.4, 0.5) is 13.9 Å². The van der Waals surface area contributed by atoms with Crippen molar-refractivity contribution >= 4 is 38.0 Å². The lowest BCUT2D eigenvalue weighted by atomic mass is 9.98. The van der Waals surface area contributed by atoms with Gasteiger partial charge < -0.3 is 0 Å². The van der Waals surface area contributed by atoms with Crippen molar-refractivity contribution in [1.29, 1.82) is 0 Å². The predicted molar refractivity (Wildman–Crippen MR) is 108 cm³/mol. The van der Waals surface area contributed by atoms with Crippen LogP contribution in [-0.2, 0) is 21.1 Å². The molecule has 1 aliphatic rings. The fourth-order valence-electron chi connectivity index (χ4n) is 3.14. The van der Waals surface area contributed by atoms with Gasteiger partial charge in [-0.2, -0.15) is 4.37 Å². The van der Waals surface area contributed by atoms with E-state index in [-0.39, 0.29) is 23.3 Å². The van der Waals surface area contributed by atoms with Crippen LogP contribution in [0.5, 0.6) is 0 Å². The Morgan fingerprint density at radius 2 is 1.86 bits per heavy atom. The molecule has 0 aliphatic heterocycles. The van der Waals surface area contributed by atoms with Crippen LogP contribution in [-0.4, -0.2) is 42.3 Å².